The molecule has 17 aromatic rings. The van der Waals surface area contributed by atoms with E-state index in [1.807, 2.05) is 0 Å². The molecule has 17 aromatic carbocycles. The molecule has 0 saturated heterocycles. The summed E-state index contributed by atoms with van der Waals surface area (Å²) in [4.78, 5) is 0. The fourth-order valence-electron chi connectivity index (χ4n) is 17.1. The fraction of sp³-hybridized carbons (Fsp3) is 0.0213. The van der Waals surface area contributed by atoms with Crippen molar-refractivity contribution >= 4 is 53.9 Å². The van der Waals surface area contributed by atoms with Crippen molar-refractivity contribution in [1.29, 1.82) is 0 Å². The van der Waals surface area contributed by atoms with Gasteiger partial charge in [0.25, 0.3) is 0 Å². The molecule has 0 N–H and O–H groups in total. The van der Waals surface area contributed by atoms with Crippen molar-refractivity contribution < 1.29 is 0 Å². The third-order valence-electron chi connectivity index (χ3n) is 21.0. The van der Waals surface area contributed by atoms with E-state index in [-0.39, 0.29) is 0 Å². The van der Waals surface area contributed by atoms with Crippen LogP contribution >= 0.6 is 0 Å². The average molecular weight is 1190 g/mol. The Morgan fingerprint density at radius 1 is 0.149 bits per heavy atom. The van der Waals surface area contributed by atoms with Crippen molar-refractivity contribution in [2.75, 3.05) is 0 Å². The summed E-state index contributed by atoms with van der Waals surface area (Å²) in [5.74, 6) is 0. The molecule has 0 spiro atoms. The molecule has 2 aliphatic carbocycles. The molecule has 0 bridgehead atoms. The Labute approximate surface area is 547 Å². The number of benzene rings is 17. The maximum absolute atomic E-state index is 2.61. The summed E-state index contributed by atoms with van der Waals surface area (Å²) in [5, 5.41) is 12.1. The van der Waals surface area contributed by atoms with Gasteiger partial charge in [0.05, 0.1) is 10.8 Å². The lowest BCUT2D eigenvalue weighted by Gasteiger charge is -2.34. The second kappa shape index (κ2) is 21.3. The van der Waals surface area contributed by atoms with Gasteiger partial charge in [-0.1, -0.05) is 328 Å². The number of fused-ring (bicyclic) bond motifs is 12. The van der Waals surface area contributed by atoms with Crippen molar-refractivity contribution in [2.24, 2.45) is 0 Å². The van der Waals surface area contributed by atoms with E-state index in [9.17, 15) is 0 Å². The molecule has 0 aromatic heterocycles. The van der Waals surface area contributed by atoms with Crippen LogP contribution in [0.15, 0.2) is 364 Å². The van der Waals surface area contributed by atoms with E-state index in [2.05, 4.69) is 364 Å². The third kappa shape index (κ3) is 7.87. The van der Waals surface area contributed by atoms with E-state index in [1.54, 1.807) is 0 Å². The first-order valence-electron chi connectivity index (χ1n) is 32.9. The third-order valence-corrected chi connectivity index (χ3v) is 21.0. The van der Waals surface area contributed by atoms with E-state index in [1.165, 1.54) is 176 Å². The molecular formula is C94H60. The Kier molecular flexibility index (Phi) is 12.2. The molecule has 0 atom stereocenters. The number of rotatable bonds is 9. The normalized spacial score (nSPS) is 13.3. The molecule has 0 aliphatic heterocycles. The quantitative estimate of drug-likeness (QED) is 0.0998. The van der Waals surface area contributed by atoms with Crippen molar-refractivity contribution in [1.82, 2.24) is 0 Å². The predicted molar refractivity (Wildman–Crippen MR) is 396 cm³/mol. The Hall–Kier alpha value is -12.0. The summed E-state index contributed by atoms with van der Waals surface area (Å²) in [6.45, 7) is 0. The second-order valence-electron chi connectivity index (χ2n) is 25.6. The molecule has 0 unspecified atom stereocenters. The van der Waals surface area contributed by atoms with Crippen LogP contribution in [0.1, 0.15) is 44.5 Å². The van der Waals surface area contributed by atoms with Gasteiger partial charge in [0.1, 0.15) is 0 Å². The van der Waals surface area contributed by atoms with Crippen LogP contribution in [0.25, 0.3) is 132 Å². The molecule has 19 rings (SSSR count). The molecule has 0 heterocycles. The highest BCUT2D eigenvalue weighted by Crippen LogP contribution is 2.60. The van der Waals surface area contributed by atoms with E-state index in [0.717, 1.165) is 0 Å². The largest absolute Gasteiger partial charge is 0.0713 e. The van der Waals surface area contributed by atoms with Crippen LogP contribution in [0, 0.1) is 0 Å². The Morgan fingerprint density at radius 3 is 1.04 bits per heavy atom. The zero-order valence-corrected chi connectivity index (χ0v) is 51.6. The van der Waals surface area contributed by atoms with Crippen LogP contribution in [0.2, 0.25) is 0 Å². The van der Waals surface area contributed by atoms with Gasteiger partial charge in [-0.3, -0.25) is 0 Å². The molecule has 94 heavy (non-hydrogen) atoms. The predicted octanol–water partition coefficient (Wildman–Crippen LogP) is 24.5. The van der Waals surface area contributed by atoms with E-state index in [0.29, 0.717) is 0 Å². The molecule has 436 valence electrons. The highest BCUT2D eigenvalue weighted by atomic mass is 14.5. The smallest absolute Gasteiger partial charge is 0.0622 e. The minimum atomic E-state index is -0.608. The van der Waals surface area contributed by atoms with Gasteiger partial charge >= 0.3 is 0 Å². The summed E-state index contributed by atoms with van der Waals surface area (Å²) in [6, 6.07) is 138. The molecule has 0 saturated carbocycles. The average Bonchev–Trinajstić information content (AvgIpc) is 1.50. The molecular weight excluding hydrogens is 1130 g/mol. The minimum absolute atomic E-state index is 0.607. The summed E-state index contributed by atoms with van der Waals surface area (Å²) in [6.07, 6.45) is 0. The summed E-state index contributed by atoms with van der Waals surface area (Å²) in [7, 11) is 0. The van der Waals surface area contributed by atoms with Crippen LogP contribution in [-0.4, -0.2) is 0 Å². The minimum Gasteiger partial charge on any atom is -0.0622 e. The maximum atomic E-state index is 2.61. The first-order valence-corrected chi connectivity index (χ1v) is 32.9. The Balaban J connectivity index is 1.00. The molecule has 0 heteroatoms. The van der Waals surface area contributed by atoms with Gasteiger partial charge in [0.2, 0.25) is 0 Å². The van der Waals surface area contributed by atoms with Crippen LogP contribution in [0.4, 0.5) is 0 Å². The SMILES string of the molecule is c1ccc(-c2ccc3c(-c4ccc5c(c4)C(c4ccccc4)(c4ccccc4)c4ccccc4-5)c4cc5c(-c6ccccc6)c(-c6ccc7ccccc7c6)c6ccccc6c5cc4c(-c4ccc5c(c4)C(c4ccccc4)(c4ccccc4)c4ccccc4-5)c3c2)cc1. The monoisotopic (exact) mass is 1190 g/mol. The van der Waals surface area contributed by atoms with E-state index >= 15 is 0 Å². The molecule has 0 fully saturated rings. The summed E-state index contributed by atoms with van der Waals surface area (Å²) in [5.41, 5.74) is 25.9. The lowest BCUT2D eigenvalue weighted by molar-refractivity contribution is 0.769. The van der Waals surface area contributed by atoms with Gasteiger partial charge in [0, 0.05) is 0 Å². The summed E-state index contributed by atoms with van der Waals surface area (Å²) >= 11 is 0. The second-order valence-corrected chi connectivity index (χ2v) is 25.6. The van der Waals surface area contributed by atoms with Crippen molar-refractivity contribution in [3.05, 3.63) is 408 Å². The zero-order chi connectivity index (χ0) is 61.9. The van der Waals surface area contributed by atoms with Crippen LogP contribution in [0.3, 0.4) is 0 Å². The molecule has 0 amide bonds. The first kappa shape index (κ1) is 53.8. The van der Waals surface area contributed by atoms with Gasteiger partial charge in [0.15, 0.2) is 0 Å². The lowest BCUT2D eigenvalue weighted by Crippen LogP contribution is -2.28. The highest BCUT2D eigenvalue weighted by Gasteiger charge is 2.48. The lowest BCUT2D eigenvalue weighted by atomic mass is 9.67. The van der Waals surface area contributed by atoms with Crippen LogP contribution in [0.5, 0.6) is 0 Å². The Bertz CT molecular complexity index is 5790. The highest BCUT2D eigenvalue weighted by molar-refractivity contribution is 6.30. The first-order chi connectivity index (χ1) is 46.6. The van der Waals surface area contributed by atoms with E-state index < -0.39 is 10.8 Å². The molecule has 0 nitrogen and oxygen atoms in total. The van der Waals surface area contributed by atoms with Gasteiger partial charge in [-0.15, -0.1) is 0 Å². The van der Waals surface area contributed by atoms with E-state index in [4.69, 9.17) is 0 Å². The number of hydrogen-bond donors (Lipinski definition) is 0. The van der Waals surface area contributed by atoms with Crippen molar-refractivity contribution in [3.8, 4) is 77.9 Å². The van der Waals surface area contributed by atoms with Gasteiger partial charge in [-0.25, -0.2) is 0 Å². The standard InChI is InChI=1S/C94H60/c1-7-27-61(28-8-1)65-49-54-79-81(56-65)90(68-51-53-77-75-43-24-26-46-86(75)94(88(77)58-68,71-37-15-5-16-38-71)72-39-17-6-18-40-72)83-59-80-73-41-21-22-44-78(73)92(66-48-47-62-29-19-20-32-64(62)55-66)91(63-30-9-2-10-31-63)82(80)60-84(83)89(79)67-50-52-76-74-42-23-25-45-85(74)93(87(76)57-67,69-33-11-3-12-34-69)70-35-13-4-14-36-70/h1-60H. The fourth-order valence-corrected chi connectivity index (χ4v) is 17.1. The number of hydrogen-bond acceptors (Lipinski definition) is 0. The van der Waals surface area contributed by atoms with Crippen LogP contribution < -0.4 is 0 Å². The van der Waals surface area contributed by atoms with Crippen molar-refractivity contribution in [3.63, 3.8) is 0 Å². The summed E-state index contributed by atoms with van der Waals surface area (Å²) < 4.78 is 0. The maximum Gasteiger partial charge on any atom is 0.0713 e. The van der Waals surface area contributed by atoms with Gasteiger partial charge < -0.3 is 0 Å². The van der Waals surface area contributed by atoms with Crippen LogP contribution in [-0.2, 0) is 10.8 Å². The molecule has 0 radical (unpaired) electrons. The van der Waals surface area contributed by atoms with Gasteiger partial charge in [-0.05, 0) is 213 Å². The zero-order valence-electron chi connectivity index (χ0n) is 51.6. The Morgan fingerprint density at radius 2 is 0.500 bits per heavy atom. The molecule has 2 aliphatic rings. The topological polar surface area (TPSA) is 0 Å². The van der Waals surface area contributed by atoms with Gasteiger partial charge in [-0.2, -0.15) is 0 Å². The van der Waals surface area contributed by atoms with Crippen molar-refractivity contribution in [2.45, 2.75) is 10.8 Å².